The van der Waals surface area contributed by atoms with Crippen molar-refractivity contribution in [2.75, 3.05) is 0 Å². The van der Waals surface area contributed by atoms with E-state index in [2.05, 4.69) is 0 Å². The highest BCUT2D eigenvalue weighted by atomic mass is 16.6. The summed E-state index contributed by atoms with van der Waals surface area (Å²) in [5, 5.41) is 20.5. The van der Waals surface area contributed by atoms with Gasteiger partial charge in [-0.15, -0.1) is 0 Å². The van der Waals surface area contributed by atoms with Gasteiger partial charge in [-0.2, -0.15) is 0 Å². The fourth-order valence-corrected chi connectivity index (χ4v) is 1.81. The normalized spacial score (nSPS) is 10.1. The predicted molar refractivity (Wildman–Crippen MR) is 75.5 cm³/mol. The van der Waals surface area contributed by atoms with Gasteiger partial charge in [-0.1, -0.05) is 24.3 Å². The molecule has 0 radical (unpaired) electrons. The molecule has 0 bridgehead atoms. The molecular formula is C15H13NO5. The molecule has 2 aromatic carbocycles. The highest BCUT2D eigenvalue weighted by molar-refractivity contribution is 5.94. The molecule has 0 unspecified atom stereocenters. The second-order valence-corrected chi connectivity index (χ2v) is 4.41. The zero-order chi connectivity index (χ0) is 15.4. The van der Waals surface area contributed by atoms with Crippen molar-refractivity contribution in [2.45, 2.75) is 13.5 Å². The lowest BCUT2D eigenvalue weighted by atomic mass is 10.1. The van der Waals surface area contributed by atoms with Crippen molar-refractivity contribution in [3.63, 3.8) is 0 Å². The van der Waals surface area contributed by atoms with E-state index >= 15 is 0 Å². The van der Waals surface area contributed by atoms with Crippen molar-refractivity contribution in [1.29, 1.82) is 0 Å². The molecule has 0 fully saturated rings. The van der Waals surface area contributed by atoms with E-state index in [1.807, 2.05) is 0 Å². The molecule has 0 spiro atoms. The lowest BCUT2D eigenvalue weighted by molar-refractivity contribution is -0.386. The summed E-state index contributed by atoms with van der Waals surface area (Å²) in [7, 11) is 0. The molecule has 108 valence electrons. The van der Waals surface area contributed by atoms with Crippen LogP contribution in [0, 0.1) is 10.1 Å². The minimum atomic E-state index is -0.658. The number of carbonyl (C=O) groups excluding carboxylic acids is 1. The Morgan fingerprint density at radius 1 is 1.29 bits per heavy atom. The van der Waals surface area contributed by atoms with Gasteiger partial charge in [0.25, 0.3) is 0 Å². The number of Topliss-reactive ketones (excluding diaryl/α,β-unsaturated/α-hetero) is 1. The molecule has 0 saturated carbocycles. The number of nitrogens with zero attached hydrogens (tertiary/aromatic N) is 1. The van der Waals surface area contributed by atoms with Crippen LogP contribution in [0.25, 0.3) is 0 Å². The van der Waals surface area contributed by atoms with Gasteiger partial charge in [-0.25, -0.2) is 0 Å². The van der Waals surface area contributed by atoms with Crippen molar-refractivity contribution >= 4 is 11.5 Å². The third-order valence-electron chi connectivity index (χ3n) is 2.93. The molecule has 0 amide bonds. The summed E-state index contributed by atoms with van der Waals surface area (Å²) in [6, 6.07) is 10.8. The number of hydrogen-bond acceptors (Lipinski definition) is 5. The second kappa shape index (κ2) is 6.04. The van der Waals surface area contributed by atoms with Crippen LogP contribution in [0.4, 0.5) is 5.69 Å². The van der Waals surface area contributed by atoms with Gasteiger partial charge in [0.15, 0.2) is 5.78 Å². The Morgan fingerprint density at radius 3 is 2.67 bits per heavy atom. The van der Waals surface area contributed by atoms with Gasteiger partial charge in [0.1, 0.15) is 12.4 Å². The van der Waals surface area contributed by atoms with Gasteiger partial charge >= 0.3 is 5.69 Å². The monoisotopic (exact) mass is 287 g/mol. The summed E-state index contributed by atoms with van der Waals surface area (Å²) >= 11 is 0. The summed E-state index contributed by atoms with van der Waals surface area (Å²) < 4.78 is 5.46. The van der Waals surface area contributed by atoms with Crippen molar-refractivity contribution in [2.24, 2.45) is 0 Å². The summed E-state index contributed by atoms with van der Waals surface area (Å²) in [5.74, 6) is -0.0440. The molecule has 6 nitrogen and oxygen atoms in total. The molecule has 0 aromatic heterocycles. The number of aromatic hydroxyl groups is 1. The number of carbonyl (C=O) groups is 1. The zero-order valence-electron chi connectivity index (χ0n) is 11.3. The van der Waals surface area contributed by atoms with Crippen LogP contribution in [0.1, 0.15) is 22.8 Å². The fourth-order valence-electron chi connectivity index (χ4n) is 1.81. The topological polar surface area (TPSA) is 89.7 Å². The van der Waals surface area contributed by atoms with E-state index in [1.54, 1.807) is 24.3 Å². The van der Waals surface area contributed by atoms with Crippen molar-refractivity contribution in [3.05, 3.63) is 63.7 Å². The third-order valence-corrected chi connectivity index (χ3v) is 2.93. The molecule has 6 heteroatoms. The third kappa shape index (κ3) is 3.36. The minimum absolute atomic E-state index is 0.0329. The molecule has 2 rings (SSSR count). The highest BCUT2D eigenvalue weighted by Crippen LogP contribution is 2.30. The quantitative estimate of drug-likeness (QED) is 0.518. The number of nitro groups is 1. The summed E-state index contributed by atoms with van der Waals surface area (Å²) in [6.07, 6.45) is 0. The number of phenols is 1. The number of benzene rings is 2. The second-order valence-electron chi connectivity index (χ2n) is 4.41. The first kappa shape index (κ1) is 14.5. The number of hydrogen-bond donors (Lipinski definition) is 1. The van der Waals surface area contributed by atoms with Crippen LogP contribution >= 0.6 is 0 Å². The molecule has 0 aliphatic carbocycles. The smallest absolute Gasteiger partial charge is 0.311 e. The zero-order valence-corrected chi connectivity index (χ0v) is 11.3. The lowest BCUT2D eigenvalue weighted by Gasteiger charge is -2.08. The lowest BCUT2D eigenvalue weighted by Crippen LogP contribution is -1.99. The maximum atomic E-state index is 11.3. The van der Waals surface area contributed by atoms with Gasteiger partial charge in [-0.3, -0.25) is 14.9 Å². The molecule has 2 aromatic rings. The van der Waals surface area contributed by atoms with Gasteiger partial charge in [0.05, 0.1) is 4.92 Å². The molecule has 0 aliphatic rings. The van der Waals surface area contributed by atoms with E-state index < -0.39 is 10.7 Å². The Morgan fingerprint density at radius 2 is 2.00 bits per heavy atom. The van der Waals surface area contributed by atoms with Crippen molar-refractivity contribution < 1.29 is 19.6 Å². The van der Waals surface area contributed by atoms with E-state index in [0.29, 0.717) is 16.9 Å². The SMILES string of the molecule is CC(=O)c1cccc(OCc2cccc([N+](=O)[O-])c2O)c1. The number of ether oxygens (including phenoxy) is 1. The Balaban J connectivity index is 2.17. The van der Waals surface area contributed by atoms with Crippen LogP contribution < -0.4 is 4.74 Å². The van der Waals surface area contributed by atoms with Crippen LogP contribution in [0.3, 0.4) is 0 Å². The Hall–Kier alpha value is -2.89. The van der Waals surface area contributed by atoms with Gasteiger partial charge in [0.2, 0.25) is 5.75 Å². The Labute approximate surface area is 120 Å². The summed E-state index contributed by atoms with van der Waals surface area (Å²) in [5.41, 5.74) is 0.446. The number of nitro benzene ring substituents is 1. The van der Waals surface area contributed by atoms with E-state index in [-0.39, 0.29) is 18.1 Å². The maximum Gasteiger partial charge on any atom is 0.311 e. The number of rotatable bonds is 5. The Kier molecular flexibility index (Phi) is 4.18. The maximum absolute atomic E-state index is 11.3. The molecular weight excluding hydrogens is 274 g/mol. The number of phenolic OH excluding ortho intramolecular Hbond substituents is 1. The highest BCUT2D eigenvalue weighted by Gasteiger charge is 2.16. The number of ketones is 1. The van der Waals surface area contributed by atoms with Crippen LogP contribution in [0.5, 0.6) is 11.5 Å². The van der Waals surface area contributed by atoms with E-state index in [4.69, 9.17) is 4.74 Å². The first-order valence-corrected chi connectivity index (χ1v) is 6.18. The largest absolute Gasteiger partial charge is 0.502 e. The van der Waals surface area contributed by atoms with E-state index in [0.717, 1.165) is 0 Å². The van der Waals surface area contributed by atoms with Crippen molar-refractivity contribution in [1.82, 2.24) is 0 Å². The Bertz CT molecular complexity index is 696. The molecule has 1 N–H and O–H groups in total. The van der Waals surface area contributed by atoms with E-state index in [9.17, 15) is 20.0 Å². The standard InChI is InChI=1S/C15H13NO5/c1-10(17)11-4-2-6-13(8-11)21-9-12-5-3-7-14(15(12)18)16(19)20/h2-8,18H,9H2,1H3. The minimum Gasteiger partial charge on any atom is -0.502 e. The predicted octanol–water partition coefficient (Wildman–Crippen LogP) is 3.08. The van der Waals surface area contributed by atoms with E-state index in [1.165, 1.54) is 25.1 Å². The fraction of sp³-hybridized carbons (Fsp3) is 0.133. The van der Waals surface area contributed by atoms with Crippen LogP contribution in [0.2, 0.25) is 0 Å². The summed E-state index contributed by atoms with van der Waals surface area (Å²) in [4.78, 5) is 21.4. The molecule has 21 heavy (non-hydrogen) atoms. The average Bonchev–Trinajstić information content (AvgIpc) is 2.46. The van der Waals surface area contributed by atoms with Gasteiger partial charge in [-0.05, 0) is 19.1 Å². The molecule has 0 aliphatic heterocycles. The summed E-state index contributed by atoms with van der Waals surface area (Å²) in [6.45, 7) is 1.42. The van der Waals surface area contributed by atoms with Gasteiger partial charge < -0.3 is 9.84 Å². The molecule has 0 saturated heterocycles. The van der Waals surface area contributed by atoms with Crippen LogP contribution in [-0.2, 0) is 6.61 Å². The van der Waals surface area contributed by atoms with Gasteiger partial charge in [0, 0.05) is 17.2 Å². The average molecular weight is 287 g/mol. The number of para-hydroxylation sites is 1. The van der Waals surface area contributed by atoms with Crippen LogP contribution in [0.15, 0.2) is 42.5 Å². The first-order chi connectivity index (χ1) is 9.99. The molecule has 0 atom stereocenters. The van der Waals surface area contributed by atoms with Crippen molar-refractivity contribution in [3.8, 4) is 11.5 Å². The first-order valence-electron chi connectivity index (χ1n) is 6.18. The van der Waals surface area contributed by atoms with Crippen LogP contribution in [-0.4, -0.2) is 15.8 Å². The molecule has 0 heterocycles.